The van der Waals surface area contributed by atoms with Crippen molar-refractivity contribution in [2.45, 2.75) is 17.9 Å². The first kappa shape index (κ1) is 15.7. The summed E-state index contributed by atoms with van der Waals surface area (Å²) in [5.74, 6) is 0. The molecule has 0 aromatic heterocycles. The van der Waals surface area contributed by atoms with Crippen LogP contribution in [-0.2, 0) is 14.8 Å². The van der Waals surface area contributed by atoms with Crippen molar-refractivity contribution in [2.75, 3.05) is 13.7 Å². The molecule has 1 N–H and O–H groups in total. The average Bonchev–Trinajstić information content (AvgIpc) is 2.48. The van der Waals surface area contributed by atoms with E-state index in [1.54, 1.807) is 26.2 Å². The van der Waals surface area contributed by atoms with Crippen molar-refractivity contribution in [1.29, 1.82) is 0 Å². The van der Waals surface area contributed by atoms with Crippen molar-refractivity contribution in [3.63, 3.8) is 0 Å². The highest BCUT2D eigenvalue weighted by Crippen LogP contribution is 2.21. The lowest BCUT2D eigenvalue weighted by Crippen LogP contribution is -2.35. The fourth-order valence-corrected chi connectivity index (χ4v) is 3.30. The third-order valence-electron chi connectivity index (χ3n) is 3.04. The van der Waals surface area contributed by atoms with Gasteiger partial charge in [0.1, 0.15) is 0 Å². The molecular formula is C16H19NO3S. The minimum absolute atomic E-state index is 0.255. The predicted octanol–water partition coefficient (Wildman–Crippen LogP) is 2.67. The van der Waals surface area contributed by atoms with E-state index in [1.165, 1.54) is 0 Å². The van der Waals surface area contributed by atoms with Gasteiger partial charge < -0.3 is 4.74 Å². The second-order valence-electron chi connectivity index (χ2n) is 4.87. The average molecular weight is 305 g/mol. The molecule has 0 amide bonds. The highest BCUT2D eigenvalue weighted by molar-refractivity contribution is 7.89. The Bertz CT molecular complexity index is 666. The normalized spacial score (nSPS) is 13.0. The molecule has 0 saturated carbocycles. The fourth-order valence-electron chi connectivity index (χ4n) is 2.07. The minimum atomic E-state index is -3.51. The third kappa shape index (κ3) is 4.14. The van der Waals surface area contributed by atoms with Crippen LogP contribution in [0.1, 0.15) is 6.92 Å². The van der Waals surface area contributed by atoms with E-state index >= 15 is 0 Å². The zero-order chi connectivity index (χ0) is 15.3. The predicted molar refractivity (Wildman–Crippen MR) is 83.5 cm³/mol. The molecule has 0 saturated heterocycles. The standard InChI is InChI=1S/C16H19NO3S/c1-13(12-20-2)17-21(18,19)16-10-8-15(9-11-16)14-6-4-3-5-7-14/h3-11,13,17H,12H2,1-2H3. The largest absolute Gasteiger partial charge is 0.383 e. The molecule has 0 heterocycles. The van der Waals surface area contributed by atoms with E-state index in [0.29, 0.717) is 6.61 Å². The summed E-state index contributed by atoms with van der Waals surface area (Å²) in [6.45, 7) is 2.10. The number of hydrogen-bond acceptors (Lipinski definition) is 3. The van der Waals surface area contributed by atoms with Gasteiger partial charge in [-0.3, -0.25) is 0 Å². The Morgan fingerprint density at radius 2 is 1.57 bits per heavy atom. The quantitative estimate of drug-likeness (QED) is 0.892. The second kappa shape index (κ2) is 6.85. The van der Waals surface area contributed by atoms with Crippen LogP contribution in [-0.4, -0.2) is 28.2 Å². The molecule has 0 aliphatic rings. The molecule has 0 aliphatic carbocycles. The summed E-state index contributed by atoms with van der Waals surface area (Å²) < 4.78 is 31.9. The molecule has 0 spiro atoms. The summed E-state index contributed by atoms with van der Waals surface area (Å²) in [6, 6.07) is 16.4. The smallest absolute Gasteiger partial charge is 0.240 e. The molecule has 21 heavy (non-hydrogen) atoms. The summed E-state index contributed by atoms with van der Waals surface area (Å²) in [4.78, 5) is 0.255. The molecule has 0 radical (unpaired) electrons. The molecule has 2 rings (SSSR count). The minimum Gasteiger partial charge on any atom is -0.383 e. The summed E-state index contributed by atoms with van der Waals surface area (Å²) in [5, 5.41) is 0. The Morgan fingerprint density at radius 3 is 2.14 bits per heavy atom. The van der Waals surface area contributed by atoms with E-state index in [-0.39, 0.29) is 10.9 Å². The van der Waals surface area contributed by atoms with Gasteiger partial charge in [-0.05, 0) is 30.2 Å². The maximum absolute atomic E-state index is 12.2. The van der Waals surface area contributed by atoms with Crippen LogP contribution < -0.4 is 4.72 Å². The van der Waals surface area contributed by atoms with Gasteiger partial charge in [-0.2, -0.15) is 0 Å². The van der Waals surface area contributed by atoms with Crippen molar-refractivity contribution < 1.29 is 13.2 Å². The van der Waals surface area contributed by atoms with Gasteiger partial charge >= 0.3 is 0 Å². The van der Waals surface area contributed by atoms with Gasteiger partial charge in [0.25, 0.3) is 0 Å². The molecule has 0 fully saturated rings. The molecular weight excluding hydrogens is 286 g/mol. The molecule has 1 unspecified atom stereocenters. The van der Waals surface area contributed by atoms with Crippen molar-refractivity contribution >= 4 is 10.0 Å². The van der Waals surface area contributed by atoms with E-state index in [9.17, 15) is 8.42 Å². The highest BCUT2D eigenvalue weighted by atomic mass is 32.2. The molecule has 2 aromatic rings. The number of methoxy groups -OCH3 is 1. The van der Waals surface area contributed by atoms with Crippen molar-refractivity contribution in [3.8, 4) is 11.1 Å². The first-order valence-corrected chi connectivity index (χ1v) is 8.18. The van der Waals surface area contributed by atoms with Crippen LogP contribution >= 0.6 is 0 Å². The monoisotopic (exact) mass is 305 g/mol. The van der Waals surface area contributed by atoms with Crippen LogP contribution in [0.5, 0.6) is 0 Å². The van der Waals surface area contributed by atoms with Crippen molar-refractivity contribution in [1.82, 2.24) is 4.72 Å². The number of hydrogen-bond donors (Lipinski definition) is 1. The number of nitrogens with one attached hydrogen (secondary N) is 1. The van der Waals surface area contributed by atoms with Crippen LogP contribution in [0.4, 0.5) is 0 Å². The van der Waals surface area contributed by atoms with Crippen LogP contribution in [0.25, 0.3) is 11.1 Å². The molecule has 4 nitrogen and oxygen atoms in total. The van der Waals surface area contributed by atoms with Gasteiger partial charge in [-0.1, -0.05) is 42.5 Å². The molecule has 1 atom stereocenters. The van der Waals surface area contributed by atoms with Crippen LogP contribution in [0.2, 0.25) is 0 Å². The molecule has 0 aliphatic heterocycles. The van der Waals surface area contributed by atoms with Gasteiger partial charge in [0.2, 0.25) is 10.0 Å². The van der Waals surface area contributed by atoms with Gasteiger partial charge in [-0.15, -0.1) is 0 Å². The Morgan fingerprint density at radius 1 is 1.00 bits per heavy atom. The summed E-state index contributed by atoms with van der Waals surface area (Å²) in [6.07, 6.45) is 0. The second-order valence-corrected chi connectivity index (χ2v) is 6.58. The Balaban J connectivity index is 2.19. The Labute approximate surface area is 125 Å². The van der Waals surface area contributed by atoms with Crippen LogP contribution in [0.3, 0.4) is 0 Å². The number of sulfonamides is 1. The third-order valence-corrected chi connectivity index (χ3v) is 4.65. The first-order chi connectivity index (χ1) is 10.0. The van der Waals surface area contributed by atoms with Gasteiger partial charge in [0.15, 0.2) is 0 Å². The van der Waals surface area contributed by atoms with Gasteiger partial charge in [-0.25, -0.2) is 13.1 Å². The lowest BCUT2D eigenvalue weighted by molar-refractivity contribution is 0.180. The fraction of sp³-hybridized carbons (Fsp3) is 0.250. The van der Waals surface area contributed by atoms with E-state index in [0.717, 1.165) is 11.1 Å². The maximum Gasteiger partial charge on any atom is 0.240 e. The van der Waals surface area contributed by atoms with Gasteiger partial charge in [0.05, 0.1) is 11.5 Å². The zero-order valence-electron chi connectivity index (χ0n) is 12.1. The first-order valence-electron chi connectivity index (χ1n) is 6.69. The zero-order valence-corrected chi connectivity index (χ0v) is 12.9. The molecule has 112 valence electrons. The highest BCUT2D eigenvalue weighted by Gasteiger charge is 2.17. The SMILES string of the molecule is COCC(C)NS(=O)(=O)c1ccc(-c2ccccc2)cc1. The summed E-state index contributed by atoms with van der Waals surface area (Å²) in [7, 11) is -1.97. The number of rotatable bonds is 6. The van der Waals surface area contributed by atoms with Crippen LogP contribution in [0.15, 0.2) is 59.5 Å². The van der Waals surface area contributed by atoms with Gasteiger partial charge in [0, 0.05) is 13.2 Å². The molecule has 5 heteroatoms. The Hall–Kier alpha value is -1.69. The van der Waals surface area contributed by atoms with E-state index in [1.807, 2.05) is 42.5 Å². The molecule has 0 bridgehead atoms. The maximum atomic E-state index is 12.2. The van der Waals surface area contributed by atoms with E-state index in [2.05, 4.69) is 4.72 Å². The number of ether oxygens (including phenoxy) is 1. The topological polar surface area (TPSA) is 55.4 Å². The van der Waals surface area contributed by atoms with E-state index in [4.69, 9.17) is 4.74 Å². The van der Waals surface area contributed by atoms with Crippen molar-refractivity contribution in [3.05, 3.63) is 54.6 Å². The van der Waals surface area contributed by atoms with E-state index < -0.39 is 10.0 Å². The summed E-state index contributed by atoms with van der Waals surface area (Å²) in [5.41, 5.74) is 2.04. The number of benzene rings is 2. The lowest BCUT2D eigenvalue weighted by Gasteiger charge is -2.13. The van der Waals surface area contributed by atoms with Crippen LogP contribution in [0, 0.1) is 0 Å². The lowest BCUT2D eigenvalue weighted by atomic mass is 10.1. The summed E-state index contributed by atoms with van der Waals surface area (Å²) >= 11 is 0. The Kier molecular flexibility index (Phi) is 5.12. The molecule has 2 aromatic carbocycles. The van der Waals surface area contributed by atoms with Crippen molar-refractivity contribution in [2.24, 2.45) is 0 Å².